The first-order chi connectivity index (χ1) is 32.6. The fraction of sp³-hybridized carbons (Fsp3) is 0.704. The Hall–Kier alpha value is -3.88. The molecule has 4 saturated heterocycles. The Balaban J connectivity index is 0.740. The predicted octanol–water partition coefficient (Wildman–Crippen LogP) is 5.59. The van der Waals surface area contributed by atoms with Gasteiger partial charge in [-0.25, -0.2) is 0 Å². The van der Waals surface area contributed by atoms with Gasteiger partial charge in [0.25, 0.3) is 0 Å². The van der Waals surface area contributed by atoms with E-state index in [9.17, 15) is 19.2 Å². The lowest BCUT2D eigenvalue weighted by molar-refractivity contribution is -0.137. The smallest absolute Gasteiger partial charge is 0.225 e. The number of hydrogen-bond acceptors (Lipinski definition) is 9. The van der Waals surface area contributed by atoms with Crippen molar-refractivity contribution in [3.8, 4) is 0 Å². The number of nitrogens with one attached hydrogen (secondary N) is 2. The van der Waals surface area contributed by atoms with E-state index < -0.39 is 0 Å². The van der Waals surface area contributed by atoms with Crippen molar-refractivity contribution < 1.29 is 23.9 Å². The first-order valence-corrected chi connectivity index (χ1v) is 26.4. The van der Waals surface area contributed by atoms with Gasteiger partial charge in [-0.3, -0.25) is 29.0 Å². The monoisotopic (exact) mass is 927 g/mol. The number of hydrogen-bond donors (Lipinski definition) is 2. The number of likely N-dealkylation sites (tertiary alicyclic amines) is 4. The second-order valence-electron chi connectivity index (χ2n) is 19.7. The first kappa shape index (κ1) is 52.5. The Kier molecular flexibility index (Phi) is 21.9. The van der Waals surface area contributed by atoms with Gasteiger partial charge >= 0.3 is 0 Å². The summed E-state index contributed by atoms with van der Waals surface area (Å²) < 4.78 is 6.58. The minimum atomic E-state index is 0.112. The standard InChI is InChI=1S/C54H86N8O5/c1-5-61(6-2)53(65)47-21-31-59(32-22-47)41-45-13-9-43(10-14-45)17-19-51(63)55-29-39-57-35-25-49(26-36-57)67-50-27-37-58(38-28-50)40-30-56-52(64)20-18-44-11-15-46(16-12-44)42-60-33-23-48(24-34-60)54(66)62(7-3)8-4/h9-16,47-50H,5-8,17-42H2,1-4H3,(H,55,63)(H,56,64). The van der Waals surface area contributed by atoms with Crippen LogP contribution in [0.3, 0.4) is 0 Å². The fourth-order valence-electron chi connectivity index (χ4n) is 10.6. The van der Waals surface area contributed by atoms with Gasteiger partial charge in [0.05, 0.1) is 12.2 Å². The molecule has 6 rings (SSSR count). The molecule has 13 nitrogen and oxygen atoms in total. The van der Waals surface area contributed by atoms with Crippen molar-refractivity contribution in [2.45, 2.75) is 130 Å². The Labute approximate surface area is 403 Å². The van der Waals surface area contributed by atoms with Gasteiger partial charge in [-0.15, -0.1) is 0 Å². The molecule has 0 unspecified atom stereocenters. The van der Waals surface area contributed by atoms with E-state index in [1.807, 2.05) is 9.80 Å². The molecular formula is C54H86N8O5. The minimum absolute atomic E-state index is 0.112. The molecule has 0 aliphatic carbocycles. The van der Waals surface area contributed by atoms with Gasteiger partial charge in [0.1, 0.15) is 0 Å². The SMILES string of the molecule is CCN(CC)C(=O)C1CCN(Cc2ccc(CCC(=O)NCCN3CCC(OC4CCN(CCNC(=O)CCc5ccc(CN6CCC(C(=O)N(CC)CC)CC6)cc5)CC4)CC3)cc2)CC1. The maximum absolute atomic E-state index is 12.7. The maximum Gasteiger partial charge on any atom is 0.225 e. The van der Waals surface area contributed by atoms with E-state index in [-0.39, 0.29) is 23.7 Å². The molecule has 0 aromatic heterocycles. The van der Waals surface area contributed by atoms with Crippen molar-refractivity contribution >= 4 is 23.6 Å². The largest absolute Gasteiger partial charge is 0.375 e. The van der Waals surface area contributed by atoms with Crippen LogP contribution in [0.25, 0.3) is 0 Å². The Morgan fingerprint density at radius 3 is 1.12 bits per heavy atom. The van der Waals surface area contributed by atoms with E-state index in [0.717, 1.165) is 169 Å². The average molecular weight is 927 g/mol. The highest BCUT2D eigenvalue weighted by atomic mass is 16.5. The Morgan fingerprint density at radius 2 is 0.791 bits per heavy atom. The number of carbonyl (C=O) groups is 4. The van der Waals surface area contributed by atoms with Crippen LogP contribution < -0.4 is 10.6 Å². The van der Waals surface area contributed by atoms with E-state index in [1.165, 1.54) is 22.3 Å². The molecule has 2 aromatic rings. The normalized spacial score (nSPS) is 19.0. The molecule has 0 saturated carbocycles. The molecular weight excluding hydrogens is 841 g/mol. The van der Waals surface area contributed by atoms with Crippen molar-refractivity contribution in [1.82, 2.24) is 40.0 Å². The number of nitrogens with zero attached hydrogens (tertiary/aromatic N) is 6. The molecule has 2 N–H and O–H groups in total. The number of piperidine rings is 4. The summed E-state index contributed by atoms with van der Waals surface area (Å²) in [4.78, 5) is 64.6. The van der Waals surface area contributed by atoms with Crippen molar-refractivity contribution in [1.29, 1.82) is 0 Å². The van der Waals surface area contributed by atoms with Crippen LogP contribution in [0.1, 0.15) is 114 Å². The Morgan fingerprint density at radius 1 is 0.478 bits per heavy atom. The van der Waals surface area contributed by atoms with Gasteiger partial charge in [-0.05, 0) is 140 Å². The number of benzene rings is 2. The van der Waals surface area contributed by atoms with Crippen LogP contribution in [0.15, 0.2) is 48.5 Å². The van der Waals surface area contributed by atoms with Crippen LogP contribution in [0.2, 0.25) is 0 Å². The topological polar surface area (TPSA) is 121 Å². The van der Waals surface area contributed by atoms with Gasteiger partial charge in [0, 0.05) is 116 Å². The third kappa shape index (κ3) is 17.2. The quantitative estimate of drug-likeness (QED) is 0.139. The number of aryl methyl sites for hydroxylation is 2. The Bertz CT molecular complexity index is 1640. The van der Waals surface area contributed by atoms with Crippen molar-refractivity contribution in [2.75, 3.05) is 105 Å². The molecule has 372 valence electrons. The van der Waals surface area contributed by atoms with Gasteiger partial charge in [-0.2, -0.15) is 0 Å². The van der Waals surface area contributed by atoms with E-state index in [1.54, 1.807) is 0 Å². The van der Waals surface area contributed by atoms with E-state index in [0.29, 0.717) is 50.0 Å². The van der Waals surface area contributed by atoms with Crippen LogP contribution in [-0.4, -0.2) is 170 Å². The van der Waals surface area contributed by atoms with Gasteiger partial charge in [-0.1, -0.05) is 48.5 Å². The van der Waals surface area contributed by atoms with Gasteiger partial charge < -0.3 is 35.0 Å². The molecule has 4 heterocycles. The van der Waals surface area contributed by atoms with E-state index in [4.69, 9.17) is 4.74 Å². The third-order valence-corrected chi connectivity index (χ3v) is 15.1. The number of rotatable bonds is 24. The average Bonchev–Trinajstić information content (AvgIpc) is 3.36. The highest BCUT2D eigenvalue weighted by Crippen LogP contribution is 2.24. The molecule has 2 aromatic carbocycles. The van der Waals surface area contributed by atoms with Crippen LogP contribution in [-0.2, 0) is 49.8 Å². The predicted molar refractivity (Wildman–Crippen MR) is 267 cm³/mol. The summed E-state index contributed by atoms with van der Waals surface area (Å²) in [6, 6.07) is 17.4. The lowest BCUT2D eigenvalue weighted by atomic mass is 9.94. The van der Waals surface area contributed by atoms with Crippen LogP contribution in [0, 0.1) is 11.8 Å². The summed E-state index contributed by atoms with van der Waals surface area (Å²) in [7, 11) is 0. The third-order valence-electron chi connectivity index (χ3n) is 15.1. The molecule has 4 aliphatic heterocycles. The van der Waals surface area contributed by atoms with Crippen molar-refractivity contribution in [2.24, 2.45) is 11.8 Å². The highest BCUT2D eigenvalue weighted by molar-refractivity contribution is 5.79. The van der Waals surface area contributed by atoms with E-state index >= 15 is 0 Å². The molecule has 4 fully saturated rings. The maximum atomic E-state index is 12.7. The summed E-state index contributed by atoms with van der Waals surface area (Å²) in [5, 5.41) is 6.29. The molecule has 0 spiro atoms. The lowest BCUT2D eigenvalue weighted by Crippen LogP contribution is -2.44. The summed E-state index contributed by atoms with van der Waals surface area (Å²) in [6.07, 6.45) is 11.0. The number of carbonyl (C=O) groups excluding carboxylic acids is 4. The zero-order valence-corrected chi connectivity index (χ0v) is 41.9. The lowest BCUT2D eigenvalue weighted by Gasteiger charge is -2.37. The molecule has 0 atom stereocenters. The second-order valence-corrected chi connectivity index (χ2v) is 19.7. The van der Waals surface area contributed by atoms with Crippen LogP contribution in [0.5, 0.6) is 0 Å². The molecule has 0 bridgehead atoms. The minimum Gasteiger partial charge on any atom is -0.375 e. The molecule has 4 amide bonds. The fourth-order valence-corrected chi connectivity index (χ4v) is 10.6. The van der Waals surface area contributed by atoms with Crippen molar-refractivity contribution in [3.05, 3.63) is 70.8 Å². The number of ether oxygens (including phenoxy) is 1. The second kappa shape index (κ2) is 27.9. The van der Waals surface area contributed by atoms with Crippen molar-refractivity contribution in [3.63, 3.8) is 0 Å². The molecule has 67 heavy (non-hydrogen) atoms. The van der Waals surface area contributed by atoms with Crippen LogP contribution in [0.4, 0.5) is 0 Å². The summed E-state index contributed by atoms with van der Waals surface area (Å²) in [5.41, 5.74) is 4.95. The zero-order valence-electron chi connectivity index (χ0n) is 41.9. The highest BCUT2D eigenvalue weighted by Gasteiger charge is 2.30. The number of amides is 4. The van der Waals surface area contributed by atoms with Gasteiger partial charge in [0.15, 0.2) is 0 Å². The summed E-state index contributed by atoms with van der Waals surface area (Å²) >= 11 is 0. The van der Waals surface area contributed by atoms with Gasteiger partial charge in [0.2, 0.25) is 23.6 Å². The summed E-state index contributed by atoms with van der Waals surface area (Å²) in [5.74, 6) is 1.19. The molecule has 0 radical (unpaired) electrons. The first-order valence-electron chi connectivity index (χ1n) is 26.4. The van der Waals surface area contributed by atoms with E-state index in [2.05, 4.69) is 106 Å². The van der Waals surface area contributed by atoms with Crippen LogP contribution >= 0.6 is 0 Å². The molecule has 13 heteroatoms. The summed E-state index contributed by atoms with van der Waals surface area (Å²) in [6.45, 7) is 24.2. The molecule has 4 aliphatic rings. The zero-order chi connectivity index (χ0) is 47.4.